The molecule has 0 saturated carbocycles. The summed E-state index contributed by atoms with van der Waals surface area (Å²) in [6.45, 7) is 1.34. The number of anilines is 1. The van der Waals surface area contributed by atoms with Gasteiger partial charge >= 0.3 is 6.09 Å². The zero-order valence-electron chi connectivity index (χ0n) is 11.1. The van der Waals surface area contributed by atoms with Gasteiger partial charge in [0.1, 0.15) is 10.8 Å². The molecule has 1 aliphatic rings. The van der Waals surface area contributed by atoms with Crippen molar-refractivity contribution >= 4 is 29.0 Å². The van der Waals surface area contributed by atoms with E-state index in [0.29, 0.717) is 12.1 Å². The van der Waals surface area contributed by atoms with Gasteiger partial charge in [-0.25, -0.2) is 9.18 Å². The van der Waals surface area contributed by atoms with Crippen molar-refractivity contribution in [1.29, 1.82) is 0 Å². The van der Waals surface area contributed by atoms with Gasteiger partial charge in [-0.1, -0.05) is 12.2 Å². The topological polar surface area (TPSA) is 67.6 Å². The Kier molecular flexibility index (Phi) is 4.39. The molecule has 1 heterocycles. The summed E-state index contributed by atoms with van der Waals surface area (Å²) >= 11 is 4.96. The van der Waals surface area contributed by atoms with Gasteiger partial charge in [-0.15, -0.1) is 0 Å². The van der Waals surface area contributed by atoms with E-state index in [1.54, 1.807) is 6.07 Å². The normalized spacial score (nSPS) is 17.9. The summed E-state index contributed by atoms with van der Waals surface area (Å²) in [5.41, 5.74) is 6.93. The number of halogens is 1. The molecule has 0 bridgehead atoms. The fourth-order valence-electron chi connectivity index (χ4n) is 2.30. The van der Waals surface area contributed by atoms with Crippen LogP contribution in [-0.2, 0) is 4.74 Å². The lowest BCUT2D eigenvalue weighted by Crippen LogP contribution is -2.37. The third-order valence-electron chi connectivity index (χ3n) is 3.26. The van der Waals surface area contributed by atoms with Gasteiger partial charge in [-0.05, 0) is 24.6 Å². The van der Waals surface area contributed by atoms with E-state index in [4.69, 9.17) is 18.0 Å². The maximum absolute atomic E-state index is 13.3. The van der Waals surface area contributed by atoms with Crippen LogP contribution in [0.4, 0.5) is 14.9 Å². The first-order chi connectivity index (χ1) is 9.51. The van der Waals surface area contributed by atoms with Crippen molar-refractivity contribution in [2.75, 3.05) is 25.1 Å². The van der Waals surface area contributed by atoms with Crippen molar-refractivity contribution in [3.05, 3.63) is 29.6 Å². The zero-order chi connectivity index (χ0) is 14.7. The van der Waals surface area contributed by atoms with Crippen molar-refractivity contribution in [2.45, 2.75) is 12.5 Å². The molecule has 1 unspecified atom stereocenters. The van der Waals surface area contributed by atoms with Gasteiger partial charge in [-0.3, -0.25) is 0 Å². The lowest BCUT2D eigenvalue weighted by molar-refractivity contribution is 0.167. The largest absolute Gasteiger partial charge is 0.453 e. The smallest absolute Gasteiger partial charge is 0.407 e. The first-order valence-corrected chi connectivity index (χ1v) is 6.61. The maximum Gasteiger partial charge on any atom is 0.407 e. The van der Waals surface area contributed by atoms with Crippen molar-refractivity contribution in [1.82, 2.24) is 5.32 Å². The summed E-state index contributed by atoms with van der Waals surface area (Å²) < 4.78 is 17.9. The molecule has 108 valence electrons. The number of thiocarbonyl (C=S) groups is 1. The zero-order valence-corrected chi connectivity index (χ0v) is 11.9. The second kappa shape index (κ2) is 6.04. The lowest BCUT2D eigenvalue weighted by Gasteiger charge is -2.22. The Morgan fingerprint density at radius 3 is 3.00 bits per heavy atom. The van der Waals surface area contributed by atoms with Crippen LogP contribution < -0.4 is 16.0 Å². The van der Waals surface area contributed by atoms with E-state index in [9.17, 15) is 9.18 Å². The maximum atomic E-state index is 13.3. The first-order valence-electron chi connectivity index (χ1n) is 6.20. The summed E-state index contributed by atoms with van der Waals surface area (Å²) in [4.78, 5) is 13.4. The molecule has 0 radical (unpaired) electrons. The molecule has 1 saturated heterocycles. The Labute approximate surface area is 121 Å². The van der Waals surface area contributed by atoms with Gasteiger partial charge in [0.2, 0.25) is 0 Å². The number of carbonyl (C=O) groups excluding carboxylic acids is 1. The van der Waals surface area contributed by atoms with Crippen molar-refractivity contribution in [2.24, 2.45) is 5.73 Å². The van der Waals surface area contributed by atoms with Crippen LogP contribution >= 0.6 is 12.2 Å². The minimum absolute atomic E-state index is 0.00769. The quantitative estimate of drug-likeness (QED) is 0.825. The fraction of sp³-hybridized carbons (Fsp3) is 0.385. The molecule has 1 aromatic carbocycles. The molecule has 1 aliphatic heterocycles. The van der Waals surface area contributed by atoms with Crippen LogP contribution in [0.5, 0.6) is 0 Å². The SMILES string of the molecule is COC(=O)NC1CCN(c2ccc(F)cc2C(N)=S)C1. The standard InChI is InChI=1S/C13H16FN3O2S/c1-19-13(18)16-9-4-5-17(7-9)11-3-2-8(14)6-10(11)12(15)20/h2-3,6,9H,4-5,7H2,1H3,(H2,15,20)(H,16,18). The highest BCUT2D eigenvalue weighted by molar-refractivity contribution is 7.80. The molecule has 20 heavy (non-hydrogen) atoms. The lowest BCUT2D eigenvalue weighted by atomic mass is 10.1. The second-order valence-corrected chi connectivity index (χ2v) is 5.03. The molecular weight excluding hydrogens is 281 g/mol. The van der Waals surface area contributed by atoms with Crippen molar-refractivity contribution in [3.63, 3.8) is 0 Å². The van der Waals surface area contributed by atoms with Gasteiger partial charge in [0.25, 0.3) is 0 Å². The number of nitrogens with one attached hydrogen (secondary N) is 1. The van der Waals surface area contributed by atoms with Crippen molar-refractivity contribution in [3.8, 4) is 0 Å². The van der Waals surface area contributed by atoms with Gasteiger partial charge in [0, 0.05) is 24.3 Å². The molecule has 0 aromatic heterocycles. The Morgan fingerprint density at radius 1 is 1.60 bits per heavy atom. The van der Waals surface area contributed by atoms with Crippen LogP contribution in [0.25, 0.3) is 0 Å². The Morgan fingerprint density at radius 2 is 2.35 bits per heavy atom. The summed E-state index contributed by atoms with van der Waals surface area (Å²) in [5.74, 6) is -0.375. The minimum Gasteiger partial charge on any atom is -0.453 e. The number of ether oxygens (including phenoxy) is 1. The molecule has 2 rings (SSSR count). The number of hydrogen-bond acceptors (Lipinski definition) is 4. The number of nitrogens with two attached hydrogens (primary N) is 1. The Balaban J connectivity index is 2.14. The molecule has 1 amide bonds. The van der Waals surface area contributed by atoms with Crippen molar-refractivity contribution < 1.29 is 13.9 Å². The number of amides is 1. The average molecular weight is 297 g/mol. The number of nitrogens with zero attached hydrogens (tertiary/aromatic N) is 1. The molecule has 3 N–H and O–H groups in total. The first kappa shape index (κ1) is 14.5. The fourth-order valence-corrected chi connectivity index (χ4v) is 2.47. The highest BCUT2D eigenvalue weighted by Gasteiger charge is 2.26. The molecule has 7 heteroatoms. The van der Waals surface area contributed by atoms with Crippen LogP contribution in [0.15, 0.2) is 18.2 Å². The highest BCUT2D eigenvalue weighted by atomic mass is 32.1. The number of carbonyl (C=O) groups is 1. The van der Waals surface area contributed by atoms with Crippen LogP contribution in [0.2, 0.25) is 0 Å². The molecule has 1 aromatic rings. The van der Waals surface area contributed by atoms with E-state index in [0.717, 1.165) is 18.7 Å². The van der Waals surface area contributed by atoms with E-state index in [1.165, 1.54) is 19.2 Å². The monoisotopic (exact) mass is 297 g/mol. The molecule has 0 aliphatic carbocycles. The van der Waals surface area contributed by atoms with Gasteiger partial charge in [0.15, 0.2) is 0 Å². The van der Waals surface area contributed by atoms with E-state index < -0.39 is 6.09 Å². The van der Waals surface area contributed by atoms with Crippen LogP contribution in [0, 0.1) is 5.82 Å². The van der Waals surface area contributed by atoms with E-state index in [1.807, 2.05) is 4.90 Å². The molecule has 1 atom stereocenters. The average Bonchev–Trinajstić information content (AvgIpc) is 2.86. The summed E-state index contributed by atoms with van der Waals surface area (Å²) in [6, 6.07) is 4.35. The predicted molar refractivity (Wildman–Crippen MR) is 78.4 cm³/mol. The minimum atomic E-state index is -0.453. The van der Waals surface area contributed by atoms with Crippen LogP contribution in [0.3, 0.4) is 0 Å². The summed E-state index contributed by atoms with van der Waals surface area (Å²) in [7, 11) is 1.33. The van der Waals surface area contributed by atoms with Crippen LogP contribution in [0.1, 0.15) is 12.0 Å². The number of benzene rings is 1. The molecule has 1 fully saturated rings. The summed E-state index contributed by atoms with van der Waals surface area (Å²) in [6.07, 6.45) is 0.328. The van der Waals surface area contributed by atoms with Gasteiger partial charge in [0.05, 0.1) is 13.2 Å². The number of rotatable bonds is 3. The predicted octanol–water partition coefficient (Wildman–Crippen LogP) is 1.39. The third-order valence-corrected chi connectivity index (χ3v) is 3.48. The Bertz CT molecular complexity index is 538. The Hall–Kier alpha value is -1.89. The van der Waals surface area contributed by atoms with Gasteiger partial charge < -0.3 is 20.7 Å². The second-order valence-electron chi connectivity index (χ2n) is 4.59. The molecule has 0 spiro atoms. The molecular formula is C13H16FN3O2S. The number of hydrogen-bond donors (Lipinski definition) is 2. The van der Waals surface area contributed by atoms with Crippen LogP contribution in [-0.4, -0.2) is 37.3 Å². The highest BCUT2D eigenvalue weighted by Crippen LogP contribution is 2.25. The summed E-state index contributed by atoms with van der Waals surface area (Å²) in [5, 5.41) is 2.75. The van der Waals surface area contributed by atoms with Gasteiger partial charge in [-0.2, -0.15) is 0 Å². The number of alkyl carbamates (subject to hydrolysis) is 1. The third kappa shape index (κ3) is 3.16. The van der Waals surface area contributed by atoms with E-state index >= 15 is 0 Å². The van der Waals surface area contributed by atoms with E-state index in [2.05, 4.69) is 10.1 Å². The number of methoxy groups -OCH3 is 1. The molecule has 5 nitrogen and oxygen atoms in total. The van der Waals surface area contributed by atoms with E-state index in [-0.39, 0.29) is 16.8 Å².